The van der Waals surface area contributed by atoms with E-state index in [4.69, 9.17) is 4.52 Å². The number of aromatic nitrogens is 3. The van der Waals surface area contributed by atoms with Gasteiger partial charge in [-0.25, -0.2) is 0 Å². The molecule has 0 saturated carbocycles. The van der Waals surface area contributed by atoms with Crippen molar-refractivity contribution in [2.75, 3.05) is 0 Å². The first-order chi connectivity index (χ1) is 8.16. The van der Waals surface area contributed by atoms with Crippen molar-refractivity contribution in [3.05, 3.63) is 40.8 Å². The molecular weight excluding hydrogens is 216 g/mol. The number of hydrogen-bond donors (Lipinski definition) is 1. The van der Waals surface area contributed by atoms with Crippen LogP contribution in [0.5, 0.6) is 0 Å². The molecule has 0 amide bonds. The van der Waals surface area contributed by atoms with Crippen molar-refractivity contribution in [3.8, 4) is 0 Å². The van der Waals surface area contributed by atoms with E-state index in [9.17, 15) is 0 Å². The molecule has 0 unspecified atom stereocenters. The van der Waals surface area contributed by atoms with Gasteiger partial charge in [0.15, 0.2) is 0 Å². The monoisotopic (exact) mass is 232 g/mol. The van der Waals surface area contributed by atoms with Crippen molar-refractivity contribution >= 4 is 0 Å². The number of rotatable bonds is 4. The largest absolute Gasteiger partial charge is 0.361 e. The predicted molar refractivity (Wildman–Crippen MR) is 63.3 cm³/mol. The predicted octanol–water partition coefficient (Wildman–Crippen LogP) is 1.68. The first kappa shape index (κ1) is 11.7. The summed E-state index contributed by atoms with van der Waals surface area (Å²) in [6.45, 7) is 7.21. The van der Waals surface area contributed by atoms with Gasteiger partial charge in [-0.2, -0.15) is 0 Å². The highest BCUT2D eigenvalue weighted by atomic mass is 16.5. The second-order valence-corrected chi connectivity index (χ2v) is 4.06. The van der Waals surface area contributed by atoms with Crippen LogP contribution < -0.4 is 5.32 Å². The first-order valence-corrected chi connectivity index (χ1v) is 5.57. The van der Waals surface area contributed by atoms with Crippen LogP contribution in [0.3, 0.4) is 0 Å². The molecule has 0 saturated heterocycles. The maximum absolute atomic E-state index is 5.10. The normalized spacial score (nSPS) is 10.8. The second kappa shape index (κ2) is 5.05. The Labute approximate surface area is 100 Å². The summed E-state index contributed by atoms with van der Waals surface area (Å²) in [4.78, 5) is 8.47. The van der Waals surface area contributed by atoms with Gasteiger partial charge in [-0.3, -0.25) is 9.97 Å². The molecule has 0 aliphatic carbocycles. The zero-order chi connectivity index (χ0) is 12.3. The van der Waals surface area contributed by atoms with E-state index < -0.39 is 0 Å². The van der Waals surface area contributed by atoms with Crippen molar-refractivity contribution in [2.24, 2.45) is 0 Å². The second-order valence-electron chi connectivity index (χ2n) is 4.06. The highest BCUT2D eigenvalue weighted by Crippen LogP contribution is 2.11. The molecule has 0 bridgehead atoms. The van der Waals surface area contributed by atoms with Crippen LogP contribution in [0.15, 0.2) is 16.9 Å². The highest BCUT2D eigenvalue weighted by Gasteiger charge is 2.07. The van der Waals surface area contributed by atoms with Gasteiger partial charge in [0.1, 0.15) is 5.76 Å². The van der Waals surface area contributed by atoms with Crippen molar-refractivity contribution in [1.29, 1.82) is 0 Å². The number of hydrogen-bond acceptors (Lipinski definition) is 5. The molecule has 0 atom stereocenters. The Morgan fingerprint density at radius 3 is 2.53 bits per heavy atom. The van der Waals surface area contributed by atoms with E-state index in [1.165, 1.54) is 0 Å². The van der Waals surface area contributed by atoms with E-state index in [1.807, 2.05) is 20.8 Å². The van der Waals surface area contributed by atoms with Gasteiger partial charge in [-0.1, -0.05) is 5.16 Å². The Morgan fingerprint density at radius 2 is 1.94 bits per heavy atom. The number of nitrogens with one attached hydrogen (secondary N) is 1. The molecule has 2 heterocycles. The minimum Gasteiger partial charge on any atom is -0.361 e. The van der Waals surface area contributed by atoms with Gasteiger partial charge in [-0.15, -0.1) is 0 Å². The molecule has 0 aliphatic heterocycles. The maximum atomic E-state index is 5.10. The summed E-state index contributed by atoms with van der Waals surface area (Å²) in [5, 5.41) is 7.21. The summed E-state index contributed by atoms with van der Waals surface area (Å²) in [6, 6.07) is 0. The molecular formula is C12H16N4O. The molecule has 2 aromatic heterocycles. The number of aryl methyl sites for hydroxylation is 3. The SMILES string of the molecule is Cc1cnc(CNCc2c(C)noc2C)cn1. The molecule has 5 nitrogen and oxygen atoms in total. The van der Waals surface area contributed by atoms with E-state index in [-0.39, 0.29) is 0 Å². The van der Waals surface area contributed by atoms with Crippen LogP contribution in [-0.2, 0) is 13.1 Å². The lowest BCUT2D eigenvalue weighted by Gasteiger charge is -2.03. The Morgan fingerprint density at radius 1 is 1.12 bits per heavy atom. The molecule has 1 N–H and O–H groups in total. The van der Waals surface area contributed by atoms with E-state index in [2.05, 4.69) is 20.4 Å². The Bertz CT molecular complexity index is 470. The smallest absolute Gasteiger partial charge is 0.138 e. The maximum Gasteiger partial charge on any atom is 0.138 e. The van der Waals surface area contributed by atoms with Crippen LogP contribution in [0.2, 0.25) is 0 Å². The third kappa shape index (κ3) is 2.88. The summed E-state index contributed by atoms with van der Waals surface area (Å²) in [6.07, 6.45) is 3.56. The molecule has 0 fully saturated rings. The Kier molecular flexibility index (Phi) is 3.49. The minimum absolute atomic E-state index is 0.692. The highest BCUT2D eigenvalue weighted by molar-refractivity contribution is 5.20. The Balaban J connectivity index is 1.90. The topological polar surface area (TPSA) is 63.8 Å². The molecule has 0 spiro atoms. The summed E-state index contributed by atoms with van der Waals surface area (Å²) in [5.74, 6) is 0.866. The number of nitrogens with zero attached hydrogens (tertiary/aromatic N) is 3. The quantitative estimate of drug-likeness (QED) is 0.868. The fourth-order valence-electron chi connectivity index (χ4n) is 1.58. The summed E-state index contributed by atoms with van der Waals surface area (Å²) in [7, 11) is 0. The molecule has 17 heavy (non-hydrogen) atoms. The van der Waals surface area contributed by atoms with Crippen molar-refractivity contribution in [3.63, 3.8) is 0 Å². The van der Waals surface area contributed by atoms with Crippen molar-refractivity contribution < 1.29 is 4.52 Å². The van der Waals surface area contributed by atoms with Crippen LogP contribution in [0, 0.1) is 20.8 Å². The zero-order valence-electron chi connectivity index (χ0n) is 10.3. The summed E-state index contributed by atoms with van der Waals surface area (Å²) in [5.41, 5.74) is 3.91. The average molecular weight is 232 g/mol. The standard InChI is InChI=1S/C12H16N4O/c1-8-4-15-11(6-14-8)5-13-7-12-9(2)16-17-10(12)3/h4,6,13H,5,7H2,1-3H3. The fraction of sp³-hybridized carbons (Fsp3) is 0.417. The third-order valence-corrected chi connectivity index (χ3v) is 2.62. The van der Waals surface area contributed by atoms with E-state index in [0.717, 1.165) is 35.0 Å². The molecule has 2 rings (SSSR count). The van der Waals surface area contributed by atoms with Gasteiger partial charge in [0.2, 0.25) is 0 Å². The van der Waals surface area contributed by atoms with Gasteiger partial charge in [0.25, 0.3) is 0 Å². The van der Waals surface area contributed by atoms with Crippen LogP contribution in [0.25, 0.3) is 0 Å². The zero-order valence-corrected chi connectivity index (χ0v) is 10.3. The minimum atomic E-state index is 0.692. The molecule has 0 aromatic carbocycles. The van der Waals surface area contributed by atoms with E-state index in [1.54, 1.807) is 12.4 Å². The van der Waals surface area contributed by atoms with Crippen molar-refractivity contribution in [1.82, 2.24) is 20.4 Å². The van der Waals surface area contributed by atoms with Gasteiger partial charge in [0.05, 0.1) is 17.1 Å². The van der Waals surface area contributed by atoms with Gasteiger partial charge >= 0.3 is 0 Å². The lowest BCUT2D eigenvalue weighted by atomic mass is 10.2. The Hall–Kier alpha value is -1.75. The fourth-order valence-corrected chi connectivity index (χ4v) is 1.58. The van der Waals surface area contributed by atoms with Crippen molar-refractivity contribution in [2.45, 2.75) is 33.9 Å². The molecule has 5 heteroatoms. The van der Waals surface area contributed by atoms with Gasteiger partial charge < -0.3 is 9.84 Å². The van der Waals surface area contributed by atoms with Gasteiger partial charge in [-0.05, 0) is 20.8 Å². The van der Waals surface area contributed by atoms with Crippen LogP contribution in [0.1, 0.15) is 28.4 Å². The molecule has 2 aromatic rings. The van der Waals surface area contributed by atoms with Crippen LogP contribution in [-0.4, -0.2) is 15.1 Å². The lowest BCUT2D eigenvalue weighted by molar-refractivity contribution is 0.392. The van der Waals surface area contributed by atoms with Crippen LogP contribution >= 0.6 is 0 Å². The van der Waals surface area contributed by atoms with Gasteiger partial charge in [0, 0.05) is 31.0 Å². The third-order valence-electron chi connectivity index (χ3n) is 2.62. The molecule has 90 valence electrons. The van der Waals surface area contributed by atoms with E-state index in [0.29, 0.717) is 6.54 Å². The van der Waals surface area contributed by atoms with Crippen LogP contribution in [0.4, 0.5) is 0 Å². The molecule has 0 aliphatic rings. The van der Waals surface area contributed by atoms with E-state index >= 15 is 0 Å². The lowest BCUT2D eigenvalue weighted by Crippen LogP contribution is -2.14. The molecule has 0 radical (unpaired) electrons. The summed E-state index contributed by atoms with van der Waals surface area (Å²) < 4.78 is 5.10. The average Bonchev–Trinajstić information content (AvgIpc) is 2.63. The summed E-state index contributed by atoms with van der Waals surface area (Å²) >= 11 is 0. The first-order valence-electron chi connectivity index (χ1n) is 5.57.